The van der Waals surface area contributed by atoms with Crippen LogP contribution in [0.15, 0.2) is 48.5 Å². The molecule has 0 radical (unpaired) electrons. The maximum Gasteiger partial charge on any atom is 0.387 e. The fourth-order valence-electron chi connectivity index (χ4n) is 2.45. The standard InChI is InChI=1S/C19H22F2N2O3/c1-13(23(2)12-14-8-4-6-10-16(14)25-3)18(24)22-15-9-5-7-11-17(15)26-19(20)21/h4-11,13,19H,12H2,1-3H3,(H,22,24). The number of para-hydroxylation sites is 3. The van der Waals surface area contributed by atoms with Crippen molar-refractivity contribution in [2.75, 3.05) is 19.5 Å². The Balaban J connectivity index is 2.05. The molecule has 1 atom stereocenters. The van der Waals surface area contributed by atoms with Crippen molar-refractivity contribution in [2.24, 2.45) is 0 Å². The van der Waals surface area contributed by atoms with Crippen LogP contribution in [0.2, 0.25) is 0 Å². The van der Waals surface area contributed by atoms with Gasteiger partial charge in [-0.2, -0.15) is 8.78 Å². The van der Waals surface area contributed by atoms with Crippen LogP contribution in [0.3, 0.4) is 0 Å². The Labute approximate surface area is 151 Å². The number of alkyl halides is 2. The summed E-state index contributed by atoms with van der Waals surface area (Å²) in [5.74, 6) is 0.339. The third kappa shape index (κ3) is 5.16. The molecule has 0 aliphatic carbocycles. The van der Waals surface area contributed by atoms with E-state index in [4.69, 9.17) is 4.74 Å². The Morgan fingerprint density at radius 3 is 2.38 bits per heavy atom. The summed E-state index contributed by atoms with van der Waals surface area (Å²) >= 11 is 0. The number of nitrogens with one attached hydrogen (secondary N) is 1. The van der Waals surface area contributed by atoms with Crippen molar-refractivity contribution in [3.8, 4) is 11.5 Å². The zero-order chi connectivity index (χ0) is 19.1. The van der Waals surface area contributed by atoms with Crippen molar-refractivity contribution in [3.05, 3.63) is 54.1 Å². The number of anilines is 1. The smallest absolute Gasteiger partial charge is 0.387 e. The van der Waals surface area contributed by atoms with Gasteiger partial charge in [0.2, 0.25) is 5.91 Å². The second-order valence-corrected chi connectivity index (χ2v) is 5.77. The average Bonchev–Trinajstić information content (AvgIpc) is 2.62. The number of nitrogens with zero attached hydrogens (tertiary/aromatic N) is 1. The Kier molecular flexibility index (Phi) is 6.91. The molecule has 0 aromatic heterocycles. The van der Waals surface area contributed by atoms with Crippen LogP contribution in [-0.4, -0.2) is 37.6 Å². The van der Waals surface area contributed by atoms with Crippen molar-refractivity contribution < 1.29 is 23.0 Å². The van der Waals surface area contributed by atoms with Crippen LogP contribution in [0.4, 0.5) is 14.5 Å². The van der Waals surface area contributed by atoms with Crippen molar-refractivity contribution >= 4 is 11.6 Å². The molecule has 140 valence electrons. The summed E-state index contributed by atoms with van der Waals surface area (Å²) in [4.78, 5) is 14.3. The Hall–Kier alpha value is -2.67. The lowest BCUT2D eigenvalue weighted by Crippen LogP contribution is -2.39. The molecular weight excluding hydrogens is 342 g/mol. The fourth-order valence-corrected chi connectivity index (χ4v) is 2.45. The summed E-state index contributed by atoms with van der Waals surface area (Å²) in [5, 5.41) is 2.64. The van der Waals surface area contributed by atoms with E-state index in [-0.39, 0.29) is 17.3 Å². The van der Waals surface area contributed by atoms with Gasteiger partial charge in [-0.3, -0.25) is 9.69 Å². The lowest BCUT2D eigenvalue weighted by molar-refractivity contribution is -0.120. The summed E-state index contributed by atoms with van der Waals surface area (Å²) in [5.41, 5.74) is 1.15. The van der Waals surface area contributed by atoms with Gasteiger partial charge in [0.1, 0.15) is 11.5 Å². The molecule has 0 aliphatic rings. The predicted molar refractivity (Wildman–Crippen MR) is 95.6 cm³/mol. The van der Waals surface area contributed by atoms with Crippen LogP contribution in [0.25, 0.3) is 0 Å². The molecule has 0 heterocycles. The first-order valence-corrected chi connectivity index (χ1v) is 8.09. The van der Waals surface area contributed by atoms with Crippen molar-refractivity contribution in [2.45, 2.75) is 26.1 Å². The summed E-state index contributed by atoms with van der Waals surface area (Å²) in [6.07, 6.45) is 0. The van der Waals surface area contributed by atoms with Gasteiger partial charge in [0.15, 0.2) is 0 Å². The highest BCUT2D eigenvalue weighted by atomic mass is 19.3. The molecular formula is C19H22F2N2O3. The van der Waals surface area contributed by atoms with E-state index in [9.17, 15) is 13.6 Å². The van der Waals surface area contributed by atoms with E-state index in [1.807, 2.05) is 29.2 Å². The molecule has 1 amide bonds. The van der Waals surface area contributed by atoms with Crippen LogP contribution in [0, 0.1) is 0 Å². The van der Waals surface area contributed by atoms with Crippen LogP contribution in [0.5, 0.6) is 11.5 Å². The summed E-state index contributed by atoms with van der Waals surface area (Å²) < 4.78 is 34.7. The third-order valence-electron chi connectivity index (χ3n) is 4.01. The number of hydrogen-bond donors (Lipinski definition) is 1. The van der Waals surface area contributed by atoms with Gasteiger partial charge in [-0.05, 0) is 32.2 Å². The van der Waals surface area contributed by atoms with Crippen LogP contribution in [-0.2, 0) is 11.3 Å². The third-order valence-corrected chi connectivity index (χ3v) is 4.01. The van der Waals surface area contributed by atoms with E-state index in [0.29, 0.717) is 6.54 Å². The molecule has 0 bridgehead atoms. The molecule has 7 heteroatoms. The Morgan fingerprint density at radius 1 is 1.12 bits per heavy atom. The molecule has 0 aliphatic heterocycles. The molecule has 0 fully saturated rings. The highest BCUT2D eigenvalue weighted by Gasteiger charge is 2.21. The number of methoxy groups -OCH3 is 1. The van der Waals surface area contributed by atoms with Gasteiger partial charge >= 0.3 is 6.61 Å². The maximum absolute atomic E-state index is 12.5. The second kappa shape index (κ2) is 9.15. The van der Waals surface area contributed by atoms with Crippen LogP contribution >= 0.6 is 0 Å². The summed E-state index contributed by atoms with van der Waals surface area (Å²) in [6.45, 7) is -0.728. The maximum atomic E-state index is 12.5. The summed E-state index contributed by atoms with van der Waals surface area (Å²) in [6, 6.07) is 13.1. The molecule has 5 nitrogen and oxygen atoms in total. The minimum absolute atomic E-state index is 0.0737. The number of carbonyl (C=O) groups is 1. The first kappa shape index (κ1) is 19.7. The molecule has 1 unspecified atom stereocenters. The molecule has 2 aromatic carbocycles. The average molecular weight is 364 g/mol. The molecule has 2 rings (SSSR count). The highest BCUT2D eigenvalue weighted by molar-refractivity contribution is 5.95. The van der Waals surface area contributed by atoms with Gasteiger partial charge in [-0.15, -0.1) is 0 Å². The van der Waals surface area contributed by atoms with E-state index in [2.05, 4.69) is 10.1 Å². The monoisotopic (exact) mass is 364 g/mol. The molecule has 0 spiro atoms. The lowest BCUT2D eigenvalue weighted by Gasteiger charge is -2.25. The zero-order valence-electron chi connectivity index (χ0n) is 14.9. The Bertz CT molecular complexity index is 740. The zero-order valence-corrected chi connectivity index (χ0v) is 14.9. The van der Waals surface area contributed by atoms with Crippen molar-refractivity contribution in [3.63, 3.8) is 0 Å². The van der Waals surface area contributed by atoms with Gasteiger partial charge < -0.3 is 14.8 Å². The van der Waals surface area contributed by atoms with Gasteiger partial charge in [-0.1, -0.05) is 30.3 Å². The topological polar surface area (TPSA) is 50.8 Å². The van der Waals surface area contributed by atoms with Crippen LogP contribution in [0.1, 0.15) is 12.5 Å². The normalized spacial score (nSPS) is 12.1. The highest BCUT2D eigenvalue weighted by Crippen LogP contribution is 2.26. The predicted octanol–water partition coefficient (Wildman–Crippen LogP) is 3.76. The largest absolute Gasteiger partial charge is 0.496 e. The number of hydrogen-bond acceptors (Lipinski definition) is 4. The van der Waals surface area contributed by atoms with E-state index in [1.165, 1.54) is 12.1 Å². The van der Waals surface area contributed by atoms with Gasteiger partial charge in [0.05, 0.1) is 18.8 Å². The van der Waals surface area contributed by atoms with Gasteiger partial charge in [0.25, 0.3) is 0 Å². The second-order valence-electron chi connectivity index (χ2n) is 5.77. The first-order chi connectivity index (χ1) is 12.4. The van der Waals surface area contributed by atoms with E-state index in [0.717, 1.165) is 11.3 Å². The number of ether oxygens (including phenoxy) is 2. The molecule has 0 saturated carbocycles. The molecule has 26 heavy (non-hydrogen) atoms. The summed E-state index contributed by atoms with van der Waals surface area (Å²) in [7, 11) is 3.40. The number of likely N-dealkylation sites (N-methyl/N-ethyl adjacent to an activating group) is 1. The SMILES string of the molecule is COc1ccccc1CN(C)C(C)C(=O)Nc1ccccc1OC(F)F. The van der Waals surface area contributed by atoms with Crippen molar-refractivity contribution in [1.29, 1.82) is 0 Å². The van der Waals surface area contributed by atoms with E-state index < -0.39 is 12.7 Å². The first-order valence-electron chi connectivity index (χ1n) is 8.09. The number of halogens is 2. The number of amides is 1. The van der Waals surface area contributed by atoms with Crippen LogP contribution < -0.4 is 14.8 Å². The van der Waals surface area contributed by atoms with Gasteiger partial charge in [-0.25, -0.2) is 0 Å². The van der Waals surface area contributed by atoms with Crippen molar-refractivity contribution in [1.82, 2.24) is 4.90 Å². The number of benzene rings is 2. The van der Waals surface area contributed by atoms with E-state index in [1.54, 1.807) is 33.2 Å². The molecule has 2 aromatic rings. The lowest BCUT2D eigenvalue weighted by atomic mass is 10.1. The quantitative estimate of drug-likeness (QED) is 0.775. The number of carbonyl (C=O) groups excluding carboxylic acids is 1. The minimum Gasteiger partial charge on any atom is -0.496 e. The molecule has 0 saturated heterocycles. The van der Waals surface area contributed by atoms with E-state index >= 15 is 0 Å². The molecule has 1 N–H and O–H groups in total. The van der Waals surface area contributed by atoms with Gasteiger partial charge in [0, 0.05) is 12.1 Å². The minimum atomic E-state index is -2.96. The Morgan fingerprint density at radius 2 is 1.73 bits per heavy atom. The fraction of sp³-hybridized carbons (Fsp3) is 0.316. The number of rotatable bonds is 8.